The molecule has 232 valence electrons. The lowest BCUT2D eigenvalue weighted by Gasteiger charge is -2.36. The van der Waals surface area contributed by atoms with E-state index in [4.69, 9.17) is 16.3 Å². The van der Waals surface area contributed by atoms with Gasteiger partial charge in [-0.25, -0.2) is 19.9 Å². The predicted molar refractivity (Wildman–Crippen MR) is 169 cm³/mol. The molecule has 12 nitrogen and oxygen atoms in total. The number of benzene rings is 1. The van der Waals surface area contributed by atoms with Crippen LogP contribution in [0.25, 0.3) is 10.9 Å². The molecule has 0 radical (unpaired) electrons. The van der Waals surface area contributed by atoms with E-state index >= 15 is 0 Å². The molecule has 1 aromatic carbocycles. The number of fused-ring (bicyclic) bond motifs is 1. The Morgan fingerprint density at radius 1 is 1.16 bits per heavy atom. The monoisotopic (exact) mass is 632 g/mol. The van der Waals surface area contributed by atoms with Crippen LogP contribution in [0.4, 0.5) is 17.2 Å². The minimum Gasteiger partial charge on any atom is -0.494 e. The molecule has 2 aromatic heterocycles. The Hall–Kier alpha value is -3.58. The van der Waals surface area contributed by atoms with E-state index in [9.17, 15) is 14.4 Å². The van der Waals surface area contributed by atoms with Crippen LogP contribution >= 0.6 is 24.0 Å². The first kappa shape index (κ1) is 33.9. The van der Waals surface area contributed by atoms with E-state index in [1.165, 1.54) is 13.4 Å². The second-order valence-electron chi connectivity index (χ2n) is 11.2. The molecule has 1 saturated heterocycles. The molecule has 0 saturated carbocycles. The summed E-state index contributed by atoms with van der Waals surface area (Å²) in [4.78, 5) is 55.5. The zero-order valence-corrected chi connectivity index (χ0v) is 26.6. The van der Waals surface area contributed by atoms with E-state index in [-0.39, 0.29) is 29.8 Å². The van der Waals surface area contributed by atoms with Crippen molar-refractivity contribution in [3.63, 3.8) is 0 Å². The van der Waals surface area contributed by atoms with E-state index in [1.54, 1.807) is 44.4 Å². The lowest BCUT2D eigenvalue weighted by Crippen LogP contribution is -2.60. The van der Waals surface area contributed by atoms with Crippen molar-refractivity contribution in [3.8, 4) is 5.75 Å². The van der Waals surface area contributed by atoms with Crippen molar-refractivity contribution in [1.82, 2.24) is 30.9 Å². The number of rotatable bonds is 9. The molecule has 3 atom stereocenters. The van der Waals surface area contributed by atoms with Crippen molar-refractivity contribution in [3.05, 3.63) is 41.9 Å². The van der Waals surface area contributed by atoms with E-state index in [2.05, 4.69) is 36.2 Å². The molecule has 4 rings (SSSR count). The Bertz CT molecular complexity index is 1460. The highest BCUT2D eigenvalue weighted by molar-refractivity contribution is 6.29. The van der Waals surface area contributed by atoms with Crippen LogP contribution in [0.15, 0.2) is 36.8 Å². The fourth-order valence-electron chi connectivity index (χ4n) is 4.67. The molecular formula is C29H38Cl2N8O4. The third-order valence-corrected chi connectivity index (χ3v) is 7.42. The van der Waals surface area contributed by atoms with Crippen LogP contribution in [0.2, 0.25) is 5.15 Å². The van der Waals surface area contributed by atoms with Gasteiger partial charge in [0.1, 0.15) is 29.1 Å². The number of nitrogens with zero attached hydrogens (tertiary/aromatic N) is 4. The molecule has 3 amide bonds. The summed E-state index contributed by atoms with van der Waals surface area (Å²) in [5.74, 6) is -0.686. The van der Waals surface area contributed by atoms with Gasteiger partial charge in [-0.3, -0.25) is 14.4 Å². The Morgan fingerprint density at radius 2 is 1.91 bits per heavy atom. The van der Waals surface area contributed by atoms with Gasteiger partial charge in [0.2, 0.25) is 5.91 Å². The van der Waals surface area contributed by atoms with Crippen molar-refractivity contribution in [2.24, 2.45) is 5.41 Å². The standard InChI is InChI=1S/C29H37ClN8O4.ClH/c1-16(31-5)26(39)37-24(29(2,3)4)28(41)38(27(40)19-8-7-11-32-19)21-12-18-20(13-22(21)42-6)34-15-35-25(18)36-17-9-10-23(30)33-14-17;/h9-10,12-16,19,24,31-32H,7-8,11H2,1-6H3,(H,37,39)(H,34,35,36);1H/t16-,19-,24+;/m0./s1. The Labute approximate surface area is 262 Å². The van der Waals surface area contributed by atoms with Crippen LogP contribution in [-0.2, 0) is 14.4 Å². The maximum absolute atomic E-state index is 14.5. The van der Waals surface area contributed by atoms with Crippen LogP contribution in [0.1, 0.15) is 40.5 Å². The maximum Gasteiger partial charge on any atom is 0.257 e. The number of hydrogen-bond donors (Lipinski definition) is 4. The first-order valence-electron chi connectivity index (χ1n) is 13.7. The topological polar surface area (TPSA) is 150 Å². The van der Waals surface area contributed by atoms with Crippen LogP contribution in [0.5, 0.6) is 5.75 Å². The van der Waals surface area contributed by atoms with Crippen LogP contribution < -0.4 is 30.9 Å². The summed E-state index contributed by atoms with van der Waals surface area (Å²) in [6.07, 6.45) is 4.33. The Kier molecular flexibility index (Phi) is 11.2. The van der Waals surface area contributed by atoms with Gasteiger partial charge in [0.15, 0.2) is 0 Å². The zero-order chi connectivity index (χ0) is 30.6. The maximum atomic E-state index is 14.5. The molecule has 0 bridgehead atoms. The largest absolute Gasteiger partial charge is 0.494 e. The van der Waals surface area contributed by atoms with Gasteiger partial charge in [-0.15, -0.1) is 12.4 Å². The van der Waals surface area contributed by atoms with E-state index < -0.39 is 35.4 Å². The van der Waals surface area contributed by atoms with Crippen molar-refractivity contribution in [1.29, 1.82) is 0 Å². The smallest absolute Gasteiger partial charge is 0.257 e. The first-order chi connectivity index (χ1) is 19.9. The van der Waals surface area contributed by atoms with Crippen molar-refractivity contribution in [2.45, 2.75) is 58.7 Å². The number of pyridine rings is 1. The third-order valence-electron chi connectivity index (χ3n) is 7.19. The number of imide groups is 1. The molecule has 43 heavy (non-hydrogen) atoms. The molecule has 4 N–H and O–H groups in total. The van der Waals surface area contributed by atoms with E-state index in [0.717, 1.165) is 11.3 Å². The lowest BCUT2D eigenvalue weighted by molar-refractivity contribution is -0.134. The molecule has 3 aromatic rings. The molecule has 3 heterocycles. The number of ether oxygens (including phenoxy) is 1. The average molecular weight is 634 g/mol. The molecule has 0 unspecified atom stereocenters. The Morgan fingerprint density at radius 3 is 2.49 bits per heavy atom. The van der Waals surface area contributed by atoms with Crippen molar-refractivity contribution < 1.29 is 19.1 Å². The highest BCUT2D eigenvalue weighted by Gasteiger charge is 2.42. The first-order valence-corrected chi connectivity index (χ1v) is 14.1. The normalized spacial score (nSPS) is 16.1. The van der Waals surface area contributed by atoms with E-state index in [0.29, 0.717) is 40.5 Å². The summed E-state index contributed by atoms with van der Waals surface area (Å²) in [5, 5.41) is 13.0. The minimum absolute atomic E-state index is 0. The second kappa shape index (κ2) is 14.3. The van der Waals surface area contributed by atoms with Crippen LogP contribution in [-0.4, -0.2) is 71.5 Å². The predicted octanol–water partition coefficient (Wildman–Crippen LogP) is 3.60. The number of amides is 3. The number of aromatic nitrogens is 3. The number of methoxy groups -OCH3 is 1. The summed E-state index contributed by atoms with van der Waals surface area (Å²) >= 11 is 5.94. The molecule has 1 fully saturated rings. The summed E-state index contributed by atoms with van der Waals surface area (Å²) in [5.41, 5.74) is 0.636. The van der Waals surface area contributed by atoms with Gasteiger partial charge in [-0.2, -0.15) is 0 Å². The van der Waals surface area contributed by atoms with Gasteiger partial charge in [-0.05, 0) is 57.0 Å². The minimum atomic E-state index is -1.03. The fourth-order valence-corrected chi connectivity index (χ4v) is 4.78. The molecular weight excluding hydrogens is 595 g/mol. The van der Waals surface area contributed by atoms with Gasteiger partial charge in [0.05, 0.1) is 42.3 Å². The number of nitrogens with one attached hydrogen (secondary N) is 4. The second-order valence-corrected chi connectivity index (χ2v) is 11.6. The quantitative estimate of drug-likeness (QED) is 0.258. The number of carbonyl (C=O) groups excluding carboxylic acids is 3. The van der Waals surface area contributed by atoms with Gasteiger partial charge in [0.25, 0.3) is 11.8 Å². The van der Waals surface area contributed by atoms with Crippen molar-refractivity contribution >= 4 is 69.8 Å². The SMILES string of the molecule is CN[C@@H](C)C(=O)N[C@H](C(=O)N(C(=O)[C@@H]1CCCN1)c1cc2c(Nc3ccc(Cl)nc3)ncnc2cc1OC)C(C)(C)C.Cl. The molecule has 1 aliphatic rings. The molecule has 0 spiro atoms. The molecule has 1 aliphatic heterocycles. The van der Waals surface area contributed by atoms with Gasteiger partial charge in [0, 0.05) is 11.5 Å². The summed E-state index contributed by atoms with van der Waals surface area (Å²) in [6, 6.07) is 4.55. The summed E-state index contributed by atoms with van der Waals surface area (Å²) < 4.78 is 5.70. The van der Waals surface area contributed by atoms with Crippen LogP contribution in [0.3, 0.4) is 0 Å². The molecule has 14 heteroatoms. The highest BCUT2D eigenvalue weighted by Crippen LogP contribution is 2.37. The highest BCUT2D eigenvalue weighted by atomic mass is 35.5. The Balaban J connectivity index is 0.00000506. The van der Waals surface area contributed by atoms with E-state index in [1.807, 2.05) is 20.8 Å². The third kappa shape index (κ3) is 7.69. The average Bonchev–Trinajstić information content (AvgIpc) is 3.51. The number of likely N-dealkylation sites (N-methyl/N-ethyl adjacent to an activating group) is 1. The molecule has 0 aliphatic carbocycles. The van der Waals surface area contributed by atoms with Gasteiger partial charge < -0.3 is 26.0 Å². The summed E-state index contributed by atoms with van der Waals surface area (Å²) in [7, 11) is 3.12. The van der Waals surface area contributed by atoms with Gasteiger partial charge >= 0.3 is 0 Å². The van der Waals surface area contributed by atoms with Crippen LogP contribution in [0, 0.1) is 5.41 Å². The fraction of sp³-hybridized carbons (Fsp3) is 0.448. The van der Waals surface area contributed by atoms with Crippen molar-refractivity contribution in [2.75, 3.05) is 30.9 Å². The lowest BCUT2D eigenvalue weighted by atomic mass is 9.85. The summed E-state index contributed by atoms with van der Waals surface area (Å²) in [6.45, 7) is 7.86. The van der Waals surface area contributed by atoms with Gasteiger partial charge in [-0.1, -0.05) is 32.4 Å². The number of hydrogen-bond acceptors (Lipinski definition) is 10. The number of halogens is 2. The number of anilines is 3. The number of carbonyl (C=O) groups is 3. The zero-order valence-electron chi connectivity index (χ0n) is 25.0.